The van der Waals surface area contributed by atoms with E-state index in [2.05, 4.69) is 31.0 Å². The first kappa shape index (κ1) is 57.1. The van der Waals surface area contributed by atoms with E-state index in [4.69, 9.17) is 52.1 Å². The molecule has 0 fully saturated rings. The van der Waals surface area contributed by atoms with Gasteiger partial charge in [-0.1, -0.05) is 24.3 Å². The van der Waals surface area contributed by atoms with Crippen molar-refractivity contribution >= 4 is 17.9 Å². The molecule has 2 aromatic rings. The molecule has 0 radical (unpaired) electrons. The summed E-state index contributed by atoms with van der Waals surface area (Å²) in [5.74, 6) is 0.185. The van der Waals surface area contributed by atoms with E-state index in [1.54, 1.807) is 0 Å². The van der Waals surface area contributed by atoms with E-state index >= 15 is 0 Å². The molecule has 1 aromatic heterocycles. The zero-order valence-corrected chi connectivity index (χ0v) is 38.6. The number of nitrogens with one attached hydrogen (secondary N) is 2. The van der Waals surface area contributed by atoms with Crippen LogP contribution in [0.3, 0.4) is 0 Å². The van der Waals surface area contributed by atoms with Crippen LogP contribution in [0.4, 0.5) is 4.79 Å². The topological polar surface area (TPSA) is 252 Å². The standard InChI is InChI=1S/C43H73N7O15/c1-43(2,3)50(42(53)54)12-14-56-16-18-58-20-22-60-24-26-62-28-30-64-32-34-65-33-31-63-29-27-61-25-23-59-21-19-57-17-15-55-13-11-44-39(51)5-4-6-40(52)45-35-37-7-9-38(10-8-37)41-48-46-36-47-49-41/h7-10,36H,4-6,11-35H2,1-3H3,(H,44,51)(H,45,52)(H,53,54). The van der Waals surface area contributed by atoms with Gasteiger partial charge in [0, 0.05) is 43.6 Å². The Hall–Kier alpha value is -4.07. The second-order valence-corrected chi connectivity index (χ2v) is 14.9. The summed E-state index contributed by atoms with van der Waals surface area (Å²) in [5, 5.41) is 30.2. The number of ether oxygens (including phenoxy) is 11. The molecule has 65 heavy (non-hydrogen) atoms. The Bertz CT molecular complexity index is 1460. The fourth-order valence-electron chi connectivity index (χ4n) is 5.32. The van der Waals surface area contributed by atoms with Gasteiger partial charge in [0.1, 0.15) is 0 Å². The minimum Gasteiger partial charge on any atom is -0.465 e. The van der Waals surface area contributed by atoms with E-state index in [9.17, 15) is 19.5 Å². The third-order valence-electron chi connectivity index (χ3n) is 8.71. The van der Waals surface area contributed by atoms with Crippen molar-refractivity contribution in [3.8, 4) is 11.4 Å². The highest BCUT2D eigenvalue weighted by Crippen LogP contribution is 2.14. The SMILES string of the molecule is CC(C)(C)N(CCOCCOCCOCCOCCOCCOCCOCCOCCOCCOCCOCCNC(=O)CCCC(=O)NCc1ccc(-c2nncnn2)cc1)C(=O)O. The van der Waals surface area contributed by atoms with Gasteiger partial charge in [0.2, 0.25) is 17.6 Å². The maximum absolute atomic E-state index is 12.2. The minimum absolute atomic E-state index is 0.120. The summed E-state index contributed by atoms with van der Waals surface area (Å²) >= 11 is 0. The van der Waals surface area contributed by atoms with E-state index in [0.717, 1.165) is 11.1 Å². The van der Waals surface area contributed by atoms with Crippen LogP contribution in [0.25, 0.3) is 11.4 Å². The Morgan fingerprint density at radius 3 is 1.25 bits per heavy atom. The van der Waals surface area contributed by atoms with Crippen LogP contribution in [0, 0.1) is 0 Å². The van der Waals surface area contributed by atoms with Gasteiger partial charge in [0.25, 0.3) is 0 Å². The Morgan fingerprint density at radius 1 is 0.523 bits per heavy atom. The molecule has 0 bridgehead atoms. The second-order valence-electron chi connectivity index (χ2n) is 14.9. The molecule has 0 atom stereocenters. The second kappa shape index (κ2) is 39.1. The van der Waals surface area contributed by atoms with Crippen LogP contribution < -0.4 is 10.6 Å². The van der Waals surface area contributed by atoms with Gasteiger partial charge in [-0.3, -0.25) is 9.59 Å². The van der Waals surface area contributed by atoms with E-state index in [-0.39, 0.29) is 24.7 Å². The van der Waals surface area contributed by atoms with Crippen molar-refractivity contribution in [1.29, 1.82) is 0 Å². The molecule has 2 rings (SSSR count). The smallest absolute Gasteiger partial charge is 0.407 e. The normalized spacial score (nSPS) is 11.5. The Balaban J connectivity index is 1.19. The lowest BCUT2D eigenvalue weighted by molar-refractivity contribution is -0.122. The van der Waals surface area contributed by atoms with Crippen LogP contribution in [0.2, 0.25) is 0 Å². The van der Waals surface area contributed by atoms with Crippen molar-refractivity contribution in [1.82, 2.24) is 35.9 Å². The number of hydrogen-bond acceptors (Lipinski definition) is 18. The number of amides is 3. The molecule has 22 heteroatoms. The van der Waals surface area contributed by atoms with Gasteiger partial charge in [0.05, 0.1) is 145 Å². The van der Waals surface area contributed by atoms with Crippen molar-refractivity contribution in [2.45, 2.75) is 52.1 Å². The molecule has 0 aliphatic carbocycles. The molecule has 0 unspecified atom stereocenters. The Kier molecular flexibility index (Phi) is 34.3. The molecule has 0 aliphatic rings. The number of carbonyl (C=O) groups is 3. The zero-order chi connectivity index (χ0) is 46.9. The lowest BCUT2D eigenvalue weighted by atomic mass is 10.1. The lowest BCUT2D eigenvalue weighted by Crippen LogP contribution is -2.46. The molecule has 1 aromatic carbocycles. The number of nitrogens with zero attached hydrogens (tertiary/aromatic N) is 5. The van der Waals surface area contributed by atoms with Crippen LogP contribution in [-0.2, 0) is 68.2 Å². The quantitative estimate of drug-likeness (QED) is 0.0802. The first-order chi connectivity index (χ1) is 31.7. The van der Waals surface area contributed by atoms with Gasteiger partial charge < -0.3 is 72.7 Å². The van der Waals surface area contributed by atoms with Crippen molar-refractivity contribution in [3.05, 3.63) is 36.2 Å². The zero-order valence-electron chi connectivity index (χ0n) is 38.6. The molecular formula is C43H73N7O15. The van der Waals surface area contributed by atoms with Crippen molar-refractivity contribution in [2.75, 3.05) is 158 Å². The molecule has 0 saturated heterocycles. The summed E-state index contributed by atoms with van der Waals surface area (Å²) in [6.45, 7) is 16.2. The highest BCUT2D eigenvalue weighted by Gasteiger charge is 2.25. The van der Waals surface area contributed by atoms with E-state index in [1.165, 1.54) is 11.2 Å². The van der Waals surface area contributed by atoms with Crippen molar-refractivity contribution < 1.29 is 71.6 Å². The maximum atomic E-state index is 12.2. The van der Waals surface area contributed by atoms with Gasteiger partial charge in [-0.25, -0.2) is 4.79 Å². The summed E-state index contributed by atoms with van der Waals surface area (Å²) in [5.41, 5.74) is 1.24. The monoisotopic (exact) mass is 928 g/mol. The van der Waals surface area contributed by atoms with Crippen LogP contribution in [-0.4, -0.2) is 212 Å². The molecule has 3 amide bonds. The maximum Gasteiger partial charge on any atom is 0.407 e. The van der Waals surface area contributed by atoms with E-state index < -0.39 is 11.6 Å². The summed E-state index contributed by atoms with van der Waals surface area (Å²) in [6, 6.07) is 7.44. The molecule has 370 valence electrons. The third kappa shape index (κ3) is 33.1. The molecule has 3 N–H and O–H groups in total. The molecule has 0 spiro atoms. The summed E-state index contributed by atoms with van der Waals surface area (Å²) in [7, 11) is 0. The fourth-order valence-corrected chi connectivity index (χ4v) is 5.32. The van der Waals surface area contributed by atoms with Gasteiger partial charge >= 0.3 is 6.09 Å². The predicted octanol–water partition coefficient (Wildman–Crippen LogP) is 1.80. The summed E-state index contributed by atoms with van der Waals surface area (Å²) in [6.07, 6.45) is 1.27. The number of rotatable bonds is 43. The summed E-state index contributed by atoms with van der Waals surface area (Å²) < 4.78 is 60.3. The number of aromatic nitrogens is 4. The number of benzene rings is 1. The van der Waals surface area contributed by atoms with Crippen LogP contribution in [0.5, 0.6) is 0 Å². The molecular weight excluding hydrogens is 855 g/mol. The number of carbonyl (C=O) groups excluding carboxylic acids is 2. The molecule has 0 aliphatic heterocycles. The van der Waals surface area contributed by atoms with Gasteiger partial charge in [0.15, 0.2) is 6.33 Å². The van der Waals surface area contributed by atoms with Crippen LogP contribution in [0.15, 0.2) is 30.6 Å². The number of hydrogen-bond donors (Lipinski definition) is 3. The molecule has 0 saturated carbocycles. The van der Waals surface area contributed by atoms with Crippen molar-refractivity contribution in [2.24, 2.45) is 0 Å². The van der Waals surface area contributed by atoms with E-state index in [1.807, 2.05) is 45.0 Å². The first-order valence-corrected chi connectivity index (χ1v) is 22.2. The highest BCUT2D eigenvalue weighted by molar-refractivity contribution is 5.78. The predicted molar refractivity (Wildman–Crippen MR) is 235 cm³/mol. The van der Waals surface area contributed by atoms with Crippen LogP contribution in [0.1, 0.15) is 45.6 Å². The largest absolute Gasteiger partial charge is 0.465 e. The van der Waals surface area contributed by atoms with E-state index in [0.29, 0.717) is 177 Å². The van der Waals surface area contributed by atoms with Gasteiger partial charge in [-0.05, 0) is 32.8 Å². The molecule has 22 nitrogen and oxygen atoms in total. The molecule has 1 heterocycles. The fraction of sp³-hybridized carbons (Fsp3) is 0.744. The van der Waals surface area contributed by atoms with Crippen LogP contribution >= 0.6 is 0 Å². The minimum atomic E-state index is -0.960. The Labute approximate surface area is 382 Å². The third-order valence-corrected chi connectivity index (χ3v) is 8.71. The average Bonchev–Trinajstić information content (AvgIpc) is 3.29. The highest BCUT2D eigenvalue weighted by atomic mass is 16.6. The first-order valence-electron chi connectivity index (χ1n) is 22.2. The van der Waals surface area contributed by atoms with Gasteiger partial charge in [-0.2, -0.15) is 0 Å². The Morgan fingerprint density at radius 2 is 0.877 bits per heavy atom. The van der Waals surface area contributed by atoms with Crippen molar-refractivity contribution in [3.63, 3.8) is 0 Å². The summed E-state index contributed by atoms with van der Waals surface area (Å²) in [4.78, 5) is 36.9. The average molecular weight is 928 g/mol. The number of carboxylic acid groups (broad SMARTS) is 1. The lowest BCUT2D eigenvalue weighted by Gasteiger charge is -2.32. The van der Waals surface area contributed by atoms with Gasteiger partial charge in [-0.15, -0.1) is 20.4 Å².